The van der Waals surface area contributed by atoms with Crippen LogP contribution in [0.25, 0.3) is 0 Å². The van der Waals surface area contributed by atoms with Crippen molar-refractivity contribution in [1.82, 2.24) is 9.91 Å². The summed E-state index contributed by atoms with van der Waals surface area (Å²) in [6, 6.07) is 0. The fourth-order valence-electron chi connectivity index (χ4n) is 2.69. The Morgan fingerprint density at radius 2 is 1.72 bits per heavy atom. The smallest absolute Gasteiger partial charge is 0.124 e. The SMILES string of the molecule is CCCCCCN1N=CN(CCC)C1C(C)(C)C. The molecule has 1 aliphatic heterocycles. The van der Waals surface area contributed by atoms with Crippen LogP contribution in [0.5, 0.6) is 0 Å². The van der Waals surface area contributed by atoms with Crippen molar-refractivity contribution in [3.05, 3.63) is 0 Å². The van der Waals surface area contributed by atoms with Gasteiger partial charge in [0.1, 0.15) is 12.5 Å². The Labute approximate surface area is 113 Å². The Balaban J connectivity index is 2.53. The number of hydrazone groups is 1. The number of unbranched alkanes of at least 4 members (excludes halogenated alkanes) is 3. The van der Waals surface area contributed by atoms with Crippen molar-refractivity contribution >= 4 is 6.34 Å². The Morgan fingerprint density at radius 1 is 1.00 bits per heavy atom. The molecule has 0 aromatic carbocycles. The van der Waals surface area contributed by atoms with Crippen LogP contribution in [-0.4, -0.2) is 35.5 Å². The van der Waals surface area contributed by atoms with E-state index in [2.05, 4.69) is 49.6 Å². The zero-order chi connectivity index (χ0) is 13.6. The van der Waals surface area contributed by atoms with Crippen LogP contribution in [-0.2, 0) is 0 Å². The van der Waals surface area contributed by atoms with Crippen molar-refractivity contribution < 1.29 is 0 Å². The minimum Gasteiger partial charge on any atom is -0.339 e. The van der Waals surface area contributed by atoms with E-state index in [1.165, 1.54) is 32.1 Å². The minimum atomic E-state index is 0.246. The summed E-state index contributed by atoms with van der Waals surface area (Å²) in [6.45, 7) is 13.6. The quantitative estimate of drug-likeness (QED) is 0.641. The van der Waals surface area contributed by atoms with Gasteiger partial charge in [0.25, 0.3) is 0 Å². The molecule has 0 radical (unpaired) electrons. The summed E-state index contributed by atoms with van der Waals surface area (Å²) in [5.74, 6) is 0. The van der Waals surface area contributed by atoms with E-state index >= 15 is 0 Å². The molecule has 0 amide bonds. The molecule has 0 bridgehead atoms. The van der Waals surface area contributed by atoms with E-state index in [-0.39, 0.29) is 5.41 Å². The van der Waals surface area contributed by atoms with E-state index in [0.717, 1.165) is 13.1 Å². The van der Waals surface area contributed by atoms with E-state index in [1.54, 1.807) is 0 Å². The van der Waals surface area contributed by atoms with Crippen LogP contribution in [0, 0.1) is 5.41 Å². The molecule has 0 saturated heterocycles. The van der Waals surface area contributed by atoms with Crippen LogP contribution in [0.15, 0.2) is 5.10 Å². The Kier molecular flexibility index (Phi) is 5.97. The van der Waals surface area contributed by atoms with Crippen LogP contribution in [0.2, 0.25) is 0 Å². The van der Waals surface area contributed by atoms with Crippen molar-refractivity contribution in [3.8, 4) is 0 Å². The molecule has 0 fully saturated rings. The summed E-state index contributed by atoms with van der Waals surface area (Å²) in [6.07, 6.45) is 8.88. The van der Waals surface area contributed by atoms with Crippen molar-refractivity contribution in [2.24, 2.45) is 10.5 Å². The van der Waals surface area contributed by atoms with Gasteiger partial charge in [-0.15, -0.1) is 0 Å². The lowest BCUT2D eigenvalue weighted by molar-refractivity contribution is 0.0355. The first-order valence-electron chi connectivity index (χ1n) is 7.57. The topological polar surface area (TPSA) is 18.8 Å². The first-order chi connectivity index (χ1) is 8.50. The van der Waals surface area contributed by atoms with Gasteiger partial charge in [0.05, 0.1) is 0 Å². The standard InChI is InChI=1S/C15H31N3/c1-6-8-9-10-12-18-14(15(3,4)5)17(11-7-2)13-16-18/h13-14H,6-12H2,1-5H3. The Bertz CT molecular complexity index is 255. The van der Waals surface area contributed by atoms with Crippen molar-refractivity contribution in [2.45, 2.75) is 72.9 Å². The lowest BCUT2D eigenvalue weighted by Crippen LogP contribution is -2.49. The highest BCUT2D eigenvalue weighted by molar-refractivity contribution is 5.57. The van der Waals surface area contributed by atoms with Crippen LogP contribution in [0.3, 0.4) is 0 Å². The molecule has 1 rings (SSSR count). The monoisotopic (exact) mass is 253 g/mol. The summed E-state index contributed by atoms with van der Waals surface area (Å²) in [5.41, 5.74) is 0.246. The van der Waals surface area contributed by atoms with Gasteiger partial charge >= 0.3 is 0 Å². The molecule has 18 heavy (non-hydrogen) atoms. The van der Waals surface area contributed by atoms with E-state index in [0.29, 0.717) is 6.17 Å². The molecular formula is C15H31N3. The van der Waals surface area contributed by atoms with Crippen LogP contribution < -0.4 is 0 Å². The van der Waals surface area contributed by atoms with Gasteiger partial charge in [0, 0.05) is 18.5 Å². The minimum absolute atomic E-state index is 0.246. The fraction of sp³-hybridized carbons (Fsp3) is 0.933. The molecule has 1 atom stereocenters. The third-order valence-electron chi connectivity index (χ3n) is 3.44. The highest BCUT2D eigenvalue weighted by atomic mass is 15.6. The highest BCUT2D eigenvalue weighted by Crippen LogP contribution is 2.30. The van der Waals surface area contributed by atoms with Crippen molar-refractivity contribution in [3.63, 3.8) is 0 Å². The maximum Gasteiger partial charge on any atom is 0.124 e. The molecule has 1 aliphatic rings. The summed E-state index contributed by atoms with van der Waals surface area (Å²) in [4.78, 5) is 2.40. The zero-order valence-corrected chi connectivity index (χ0v) is 12.9. The fourth-order valence-corrected chi connectivity index (χ4v) is 2.69. The maximum atomic E-state index is 4.62. The average molecular weight is 253 g/mol. The van der Waals surface area contributed by atoms with E-state index in [1.807, 2.05) is 6.34 Å². The molecule has 3 nitrogen and oxygen atoms in total. The van der Waals surface area contributed by atoms with E-state index in [4.69, 9.17) is 0 Å². The predicted octanol–water partition coefficient (Wildman–Crippen LogP) is 3.91. The first-order valence-corrected chi connectivity index (χ1v) is 7.57. The number of hydrogen-bond donors (Lipinski definition) is 0. The van der Waals surface area contributed by atoms with Gasteiger partial charge < -0.3 is 4.90 Å². The molecule has 3 heteroatoms. The van der Waals surface area contributed by atoms with Gasteiger partial charge in [-0.3, -0.25) is 5.01 Å². The van der Waals surface area contributed by atoms with Crippen LogP contribution in [0.1, 0.15) is 66.7 Å². The molecule has 0 spiro atoms. The molecule has 0 aromatic rings. The second-order valence-electron chi connectivity index (χ2n) is 6.43. The maximum absolute atomic E-state index is 4.62. The summed E-state index contributed by atoms with van der Waals surface area (Å²) >= 11 is 0. The molecule has 1 heterocycles. The van der Waals surface area contributed by atoms with Gasteiger partial charge in [0.15, 0.2) is 0 Å². The highest BCUT2D eigenvalue weighted by Gasteiger charge is 2.36. The number of hydrogen-bond acceptors (Lipinski definition) is 3. The third kappa shape index (κ3) is 4.18. The average Bonchev–Trinajstić information content (AvgIpc) is 2.68. The van der Waals surface area contributed by atoms with Crippen LogP contribution >= 0.6 is 0 Å². The molecule has 0 aromatic heterocycles. The number of rotatable bonds is 7. The Morgan fingerprint density at radius 3 is 2.28 bits per heavy atom. The van der Waals surface area contributed by atoms with Gasteiger partial charge in [-0.25, -0.2) is 0 Å². The zero-order valence-electron chi connectivity index (χ0n) is 12.9. The van der Waals surface area contributed by atoms with E-state index < -0.39 is 0 Å². The van der Waals surface area contributed by atoms with Crippen molar-refractivity contribution in [1.29, 1.82) is 0 Å². The third-order valence-corrected chi connectivity index (χ3v) is 3.44. The largest absolute Gasteiger partial charge is 0.339 e. The summed E-state index contributed by atoms with van der Waals surface area (Å²) in [5, 5.41) is 6.91. The van der Waals surface area contributed by atoms with Gasteiger partial charge in [-0.05, 0) is 12.8 Å². The summed E-state index contributed by atoms with van der Waals surface area (Å²) in [7, 11) is 0. The normalized spacial score (nSPS) is 19.9. The second-order valence-corrected chi connectivity index (χ2v) is 6.43. The molecule has 0 N–H and O–H groups in total. The Hall–Kier alpha value is -0.730. The van der Waals surface area contributed by atoms with Gasteiger partial charge in [-0.1, -0.05) is 53.9 Å². The summed E-state index contributed by atoms with van der Waals surface area (Å²) < 4.78 is 0. The molecule has 1 unspecified atom stereocenters. The lowest BCUT2D eigenvalue weighted by atomic mass is 9.91. The van der Waals surface area contributed by atoms with Crippen molar-refractivity contribution in [2.75, 3.05) is 13.1 Å². The molecule has 0 saturated carbocycles. The number of nitrogens with zero attached hydrogens (tertiary/aromatic N) is 3. The first kappa shape index (κ1) is 15.3. The molecule has 106 valence electrons. The molecule has 0 aliphatic carbocycles. The predicted molar refractivity (Wildman–Crippen MR) is 79.6 cm³/mol. The lowest BCUT2D eigenvalue weighted by Gasteiger charge is -2.39. The van der Waals surface area contributed by atoms with E-state index in [9.17, 15) is 0 Å². The van der Waals surface area contributed by atoms with Gasteiger partial charge in [-0.2, -0.15) is 5.10 Å². The van der Waals surface area contributed by atoms with Gasteiger partial charge in [0.2, 0.25) is 0 Å². The second kappa shape index (κ2) is 7.01. The molecular weight excluding hydrogens is 222 g/mol. The van der Waals surface area contributed by atoms with Crippen LogP contribution in [0.4, 0.5) is 0 Å².